The lowest BCUT2D eigenvalue weighted by molar-refractivity contribution is -0.150. The number of amides is 1. The Morgan fingerprint density at radius 1 is 1.26 bits per heavy atom. The van der Waals surface area contributed by atoms with E-state index < -0.39 is 0 Å². The second-order valence-corrected chi connectivity index (χ2v) is 7.17. The van der Waals surface area contributed by atoms with E-state index >= 15 is 0 Å². The quantitative estimate of drug-likeness (QED) is 0.834. The highest BCUT2D eigenvalue weighted by Crippen LogP contribution is 2.42. The molecule has 1 aromatic rings. The number of hydrogen-bond acceptors (Lipinski definition) is 5. The minimum Gasteiger partial charge on any atom is -0.381 e. The highest BCUT2D eigenvalue weighted by atomic mass is 16.5. The van der Waals surface area contributed by atoms with Crippen molar-refractivity contribution in [2.75, 3.05) is 32.9 Å². The van der Waals surface area contributed by atoms with Gasteiger partial charge in [0.2, 0.25) is 5.91 Å². The van der Waals surface area contributed by atoms with Crippen LogP contribution in [0.15, 0.2) is 18.7 Å². The number of aromatic nitrogens is 2. The molecule has 1 aromatic heterocycles. The second-order valence-electron chi connectivity index (χ2n) is 7.17. The van der Waals surface area contributed by atoms with Crippen LogP contribution < -0.4 is 0 Å². The largest absolute Gasteiger partial charge is 0.381 e. The molecular weight excluding hydrogens is 294 g/mol. The van der Waals surface area contributed by atoms with Crippen molar-refractivity contribution in [3.05, 3.63) is 24.3 Å². The Bertz CT molecular complexity index is 553. The third kappa shape index (κ3) is 3.10. The molecule has 1 atom stereocenters. The lowest BCUT2D eigenvalue weighted by Gasteiger charge is -2.48. The van der Waals surface area contributed by atoms with Gasteiger partial charge in [-0.15, -0.1) is 0 Å². The first-order chi connectivity index (χ1) is 11.2. The van der Waals surface area contributed by atoms with Crippen LogP contribution >= 0.6 is 0 Å². The average molecular weight is 317 g/mol. The van der Waals surface area contributed by atoms with Crippen molar-refractivity contribution in [1.29, 1.82) is 0 Å². The van der Waals surface area contributed by atoms with Gasteiger partial charge in [0.1, 0.15) is 6.33 Å². The van der Waals surface area contributed by atoms with E-state index in [0.29, 0.717) is 5.91 Å². The van der Waals surface area contributed by atoms with Crippen LogP contribution in [0.3, 0.4) is 0 Å². The maximum Gasteiger partial charge on any atom is 0.225 e. The molecule has 0 saturated carbocycles. The molecular formula is C17H23N3O3. The maximum absolute atomic E-state index is 12.5. The third-order valence-corrected chi connectivity index (χ3v) is 5.30. The van der Waals surface area contributed by atoms with E-state index in [1.165, 1.54) is 0 Å². The van der Waals surface area contributed by atoms with Crippen LogP contribution in [0.4, 0.5) is 0 Å². The average Bonchev–Trinajstić information content (AvgIpc) is 2.99. The van der Waals surface area contributed by atoms with Crippen molar-refractivity contribution < 1.29 is 14.3 Å². The Hall–Kier alpha value is -1.53. The van der Waals surface area contributed by atoms with Gasteiger partial charge in [-0.1, -0.05) is 0 Å². The summed E-state index contributed by atoms with van der Waals surface area (Å²) in [7, 11) is 0. The fraction of sp³-hybridized carbons (Fsp3) is 0.706. The lowest BCUT2D eigenvalue weighted by atomic mass is 9.76. The number of likely N-dealkylation sites (tertiary alicyclic amines) is 1. The van der Waals surface area contributed by atoms with E-state index in [4.69, 9.17) is 9.47 Å². The molecule has 6 nitrogen and oxygen atoms in total. The topological polar surface area (TPSA) is 64.5 Å². The Balaban J connectivity index is 1.28. The molecule has 3 fully saturated rings. The van der Waals surface area contributed by atoms with Crippen molar-refractivity contribution in [2.24, 2.45) is 11.3 Å². The minimum atomic E-state index is 0.167. The van der Waals surface area contributed by atoms with Crippen molar-refractivity contribution >= 4 is 5.91 Å². The fourth-order valence-corrected chi connectivity index (χ4v) is 4.07. The molecule has 3 saturated heterocycles. The van der Waals surface area contributed by atoms with Gasteiger partial charge in [0, 0.05) is 56.5 Å². The highest BCUT2D eigenvalue weighted by Gasteiger charge is 2.51. The van der Waals surface area contributed by atoms with Crippen molar-refractivity contribution in [3.63, 3.8) is 0 Å². The molecule has 0 unspecified atom stereocenters. The molecule has 6 heteroatoms. The molecule has 0 N–H and O–H groups in total. The normalized spacial score (nSPS) is 27.1. The van der Waals surface area contributed by atoms with Crippen LogP contribution in [-0.4, -0.2) is 59.8 Å². The smallest absolute Gasteiger partial charge is 0.225 e. The fourth-order valence-electron chi connectivity index (χ4n) is 4.07. The molecule has 1 amide bonds. The summed E-state index contributed by atoms with van der Waals surface area (Å²) in [5, 5.41) is 0. The summed E-state index contributed by atoms with van der Waals surface area (Å²) in [6.45, 7) is 3.91. The Morgan fingerprint density at radius 2 is 2.00 bits per heavy atom. The third-order valence-electron chi connectivity index (χ3n) is 5.30. The monoisotopic (exact) mass is 317 g/mol. The molecule has 1 spiro atoms. The molecule has 3 aliphatic rings. The van der Waals surface area contributed by atoms with Crippen LogP contribution in [-0.2, 0) is 20.7 Å². The predicted molar refractivity (Wildman–Crippen MR) is 82.6 cm³/mol. The predicted octanol–water partition coefficient (Wildman–Crippen LogP) is 1.06. The van der Waals surface area contributed by atoms with Gasteiger partial charge in [-0.3, -0.25) is 4.79 Å². The SMILES string of the molecule is O=C(C1CCOCC1)N1CC2(CO[C@@H](Cc3cncnc3)C2)C1. The minimum absolute atomic E-state index is 0.167. The van der Waals surface area contributed by atoms with Gasteiger partial charge in [-0.2, -0.15) is 0 Å². The molecule has 0 aromatic carbocycles. The molecule has 0 bridgehead atoms. The highest BCUT2D eigenvalue weighted by molar-refractivity contribution is 5.80. The van der Waals surface area contributed by atoms with Crippen LogP contribution in [0.25, 0.3) is 0 Å². The Labute approximate surface area is 136 Å². The van der Waals surface area contributed by atoms with Crippen LogP contribution in [0.2, 0.25) is 0 Å². The molecule has 0 aliphatic carbocycles. The first-order valence-corrected chi connectivity index (χ1v) is 8.46. The number of ether oxygens (including phenoxy) is 2. The van der Waals surface area contributed by atoms with Crippen LogP contribution in [0.5, 0.6) is 0 Å². The summed E-state index contributed by atoms with van der Waals surface area (Å²) in [4.78, 5) is 22.6. The summed E-state index contributed by atoms with van der Waals surface area (Å²) in [6, 6.07) is 0. The standard InChI is InChI=1S/C17H23N3O3/c21-16(14-1-3-22-4-2-14)20-9-17(10-20)6-15(23-11-17)5-13-7-18-12-19-8-13/h7-8,12,14-15H,1-6,9-11H2/t15-/m0/s1. The Morgan fingerprint density at radius 3 is 2.74 bits per heavy atom. The summed E-state index contributed by atoms with van der Waals surface area (Å²) in [5.41, 5.74) is 1.30. The van der Waals surface area contributed by atoms with Gasteiger partial charge in [0.25, 0.3) is 0 Å². The lowest BCUT2D eigenvalue weighted by Crippen LogP contribution is -2.60. The Kier molecular flexibility index (Phi) is 4.03. The van der Waals surface area contributed by atoms with Crippen LogP contribution in [0.1, 0.15) is 24.8 Å². The zero-order valence-corrected chi connectivity index (χ0v) is 13.3. The molecule has 124 valence electrons. The molecule has 4 heterocycles. The van der Waals surface area contributed by atoms with E-state index in [1.807, 2.05) is 17.3 Å². The van der Waals surface area contributed by atoms with Gasteiger partial charge in [0.05, 0.1) is 12.7 Å². The molecule has 3 aliphatic heterocycles. The zero-order valence-electron chi connectivity index (χ0n) is 13.3. The number of hydrogen-bond donors (Lipinski definition) is 0. The van der Waals surface area contributed by atoms with Gasteiger partial charge in [0.15, 0.2) is 0 Å². The second kappa shape index (κ2) is 6.17. The van der Waals surface area contributed by atoms with Crippen molar-refractivity contribution in [1.82, 2.24) is 14.9 Å². The zero-order chi connectivity index (χ0) is 15.7. The summed E-state index contributed by atoms with van der Waals surface area (Å²) in [6.07, 6.45) is 9.10. The van der Waals surface area contributed by atoms with E-state index in [-0.39, 0.29) is 17.4 Å². The number of carbonyl (C=O) groups excluding carboxylic acids is 1. The van der Waals surface area contributed by atoms with Gasteiger partial charge in [-0.25, -0.2) is 9.97 Å². The first kappa shape index (κ1) is 15.0. The molecule has 4 rings (SSSR count). The van der Waals surface area contributed by atoms with Crippen molar-refractivity contribution in [3.8, 4) is 0 Å². The van der Waals surface area contributed by atoms with Gasteiger partial charge < -0.3 is 14.4 Å². The van der Waals surface area contributed by atoms with Crippen LogP contribution in [0, 0.1) is 11.3 Å². The number of nitrogens with zero attached hydrogens (tertiary/aromatic N) is 3. The van der Waals surface area contributed by atoms with Crippen molar-refractivity contribution in [2.45, 2.75) is 31.8 Å². The van der Waals surface area contributed by atoms with Gasteiger partial charge in [-0.05, 0) is 24.8 Å². The summed E-state index contributed by atoms with van der Waals surface area (Å²) in [5.74, 6) is 0.486. The number of rotatable bonds is 3. The summed E-state index contributed by atoms with van der Waals surface area (Å²) < 4.78 is 11.3. The van der Waals surface area contributed by atoms with E-state index in [2.05, 4.69) is 9.97 Å². The van der Waals surface area contributed by atoms with E-state index in [9.17, 15) is 4.79 Å². The van der Waals surface area contributed by atoms with E-state index in [0.717, 1.165) is 64.2 Å². The molecule has 23 heavy (non-hydrogen) atoms. The maximum atomic E-state index is 12.5. The van der Waals surface area contributed by atoms with Gasteiger partial charge >= 0.3 is 0 Å². The summed E-state index contributed by atoms with van der Waals surface area (Å²) >= 11 is 0. The number of carbonyl (C=O) groups is 1. The van der Waals surface area contributed by atoms with E-state index in [1.54, 1.807) is 6.33 Å². The molecule has 0 radical (unpaired) electrons. The first-order valence-electron chi connectivity index (χ1n) is 8.46.